The van der Waals surface area contributed by atoms with Gasteiger partial charge in [0.15, 0.2) is 0 Å². The highest BCUT2D eigenvalue weighted by molar-refractivity contribution is 7.13. The summed E-state index contributed by atoms with van der Waals surface area (Å²) in [7, 11) is 0. The third kappa shape index (κ3) is 2.74. The van der Waals surface area contributed by atoms with Gasteiger partial charge < -0.3 is 11.1 Å². The van der Waals surface area contributed by atoms with Crippen LogP contribution in [0.3, 0.4) is 0 Å². The Balaban J connectivity index is 1.90. The monoisotopic (exact) mass is 220 g/mol. The van der Waals surface area contributed by atoms with E-state index >= 15 is 0 Å². The number of nitrogens with two attached hydrogens (primary N) is 1. The van der Waals surface area contributed by atoms with E-state index in [1.165, 1.54) is 11.3 Å². The zero-order chi connectivity index (χ0) is 10.5. The molecule has 3 N–H and O–H groups in total. The first-order valence-electron chi connectivity index (χ1n) is 4.67. The van der Waals surface area contributed by atoms with Crippen LogP contribution in [0.2, 0.25) is 0 Å². The van der Waals surface area contributed by atoms with Gasteiger partial charge in [0.25, 0.3) is 0 Å². The number of hydrogen-bond acceptors (Lipinski definition) is 5. The molecule has 0 aliphatic heterocycles. The van der Waals surface area contributed by atoms with Gasteiger partial charge in [-0.1, -0.05) is 41.7 Å². The lowest BCUT2D eigenvalue weighted by molar-refractivity contribution is 0.762. The Kier molecular flexibility index (Phi) is 3.26. The highest BCUT2D eigenvalue weighted by Crippen LogP contribution is 2.12. The molecule has 2 aromatic rings. The topological polar surface area (TPSA) is 63.8 Å². The quantitative estimate of drug-likeness (QED) is 0.822. The zero-order valence-corrected chi connectivity index (χ0v) is 8.95. The number of anilines is 1. The fraction of sp³-hybridized carbons (Fsp3) is 0.200. The van der Waals surface area contributed by atoms with Crippen molar-refractivity contribution in [1.29, 1.82) is 0 Å². The molecular formula is C10H12N4S. The van der Waals surface area contributed by atoms with Crippen LogP contribution in [0.1, 0.15) is 11.6 Å². The van der Waals surface area contributed by atoms with Crippen molar-refractivity contribution in [1.82, 2.24) is 10.2 Å². The van der Waals surface area contributed by atoms with E-state index in [0.29, 0.717) is 6.54 Å². The summed E-state index contributed by atoms with van der Waals surface area (Å²) in [6.07, 6.45) is 0. The Morgan fingerprint density at radius 3 is 2.80 bits per heavy atom. The van der Waals surface area contributed by atoms with Gasteiger partial charge in [-0.25, -0.2) is 0 Å². The molecule has 0 saturated heterocycles. The number of benzene rings is 1. The second-order valence-electron chi connectivity index (χ2n) is 3.14. The molecule has 1 aromatic carbocycles. The van der Waals surface area contributed by atoms with Crippen molar-refractivity contribution in [2.75, 3.05) is 11.9 Å². The summed E-state index contributed by atoms with van der Waals surface area (Å²) in [4.78, 5) is 0. The van der Waals surface area contributed by atoms with Gasteiger partial charge in [0, 0.05) is 12.6 Å². The smallest absolute Gasteiger partial charge is 0.205 e. The highest BCUT2D eigenvalue weighted by Gasteiger charge is 2.05. The first-order valence-corrected chi connectivity index (χ1v) is 5.55. The highest BCUT2D eigenvalue weighted by atomic mass is 32.1. The van der Waals surface area contributed by atoms with Crippen molar-refractivity contribution >= 4 is 16.5 Å². The van der Waals surface area contributed by atoms with Gasteiger partial charge in [0.1, 0.15) is 5.51 Å². The van der Waals surface area contributed by atoms with Crippen LogP contribution in [0.25, 0.3) is 0 Å². The van der Waals surface area contributed by atoms with Crippen LogP contribution >= 0.6 is 11.3 Å². The summed E-state index contributed by atoms with van der Waals surface area (Å²) in [6, 6.07) is 9.98. The predicted octanol–water partition coefficient (Wildman–Crippen LogP) is 1.65. The van der Waals surface area contributed by atoms with Gasteiger partial charge in [0.2, 0.25) is 5.13 Å². The Hall–Kier alpha value is -1.46. The summed E-state index contributed by atoms with van der Waals surface area (Å²) >= 11 is 1.47. The van der Waals surface area contributed by atoms with Crippen LogP contribution in [0.5, 0.6) is 0 Å². The third-order valence-corrected chi connectivity index (χ3v) is 2.71. The lowest BCUT2D eigenvalue weighted by atomic mass is 10.1. The van der Waals surface area contributed by atoms with Crippen LogP contribution in [0.15, 0.2) is 35.8 Å². The van der Waals surface area contributed by atoms with Gasteiger partial charge in [-0.3, -0.25) is 0 Å². The summed E-state index contributed by atoms with van der Waals surface area (Å²) in [6.45, 7) is 0.666. The minimum Gasteiger partial charge on any atom is -0.358 e. The Morgan fingerprint density at radius 2 is 2.13 bits per heavy atom. The second-order valence-corrected chi connectivity index (χ2v) is 3.98. The Bertz CT molecular complexity index is 387. The number of nitrogens with one attached hydrogen (secondary N) is 1. The first-order chi connectivity index (χ1) is 7.36. The lowest BCUT2D eigenvalue weighted by Gasteiger charge is -2.11. The van der Waals surface area contributed by atoms with Crippen LogP contribution < -0.4 is 11.1 Å². The molecule has 2 rings (SSSR count). The van der Waals surface area contributed by atoms with E-state index in [9.17, 15) is 0 Å². The van der Waals surface area contributed by atoms with Crippen molar-refractivity contribution in [3.05, 3.63) is 41.4 Å². The van der Waals surface area contributed by atoms with Gasteiger partial charge >= 0.3 is 0 Å². The molecule has 0 aliphatic carbocycles. The molecule has 5 heteroatoms. The van der Waals surface area contributed by atoms with Crippen molar-refractivity contribution in [3.8, 4) is 0 Å². The number of hydrogen-bond donors (Lipinski definition) is 2. The molecule has 0 aliphatic rings. The molecule has 0 saturated carbocycles. The molecule has 1 atom stereocenters. The van der Waals surface area contributed by atoms with Crippen molar-refractivity contribution in [2.45, 2.75) is 6.04 Å². The van der Waals surface area contributed by atoms with Crippen LogP contribution in [-0.2, 0) is 0 Å². The standard InChI is InChI=1S/C10H12N4S/c11-9(8-4-2-1-3-5-8)6-12-10-14-13-7-15-10/h1-5,7,9H,6,11H2,(H,12,14). The molecule has 0 spiro atoms. The normalized spacial score (nSPS) is 12.3. The minimum absolute atomic E-state index is 0.0184. The van der Waals surface area contributed by atoms with Crippen LogP contribution in [0.4, 0.5) is 5.13 Å². The molecule has 0 bridgehead atoms. The molecule has 1 unspecified atom stereocenters. The van der Waals surface area contributed by atoms with E-state index in [-0.39, 0.29) is 6.04 Å². The van der Waals surface area contributed by atoms with Crippen LogP contribution in [-0.4, -0.2) is 16.7 Å². The lowest BCUT2D eigenvalue weighted by Crippen LogP contribution is -2.20. The fourth-order valence-electron chi connectivity index (χ4n) is 1.27. The summed E-state index contributed by atoms with van der Waals surface area (Å²) < 4.78 is 0. The van der Waals surface area contributed by atoms with Crippen molar-refractivity contribution in [3.63, 3.8) is 0 Å². The van der Waals surface area contributed by atoms with E-state index in [1.54, 1.807) is 5.51 Å². The Morgan fingerprint density at radius 1 is 1.33 bits per heavy atom. The van der Waals surface area contributed by atoms with Crippen LogP contribution in [0, 0.1) is 0 Å². The molecule has 1 aromatic heterocycles. The first kappa shape index (κ1) is 10.1. The molecule has 0 amide bonds. The molecular weight excluding hydrogens is 208 g/mol. The molecule has 0 radical (unpaired) electrons. The molecule has 78 valence electrons. The van der Waals surface area contributed by atoms with Crippen molar-refractivity contribution in [2.24, 2.45) is 5.73 Å². The maximum absolute atomic E-state index is 6.01. The summed E-state index contributed by atoms with van der Waals surface area (Å²) in [5.74, 6) is 0. The summed E-state index contributed by atoms with van der Waals surface area (Å²) in [5, 5.41) is 11.6. The van der Waals surface area contributed by atoms with Gasteiger partial charge in [-0.05, 0) is 5.56 Å². The number of aromatic nitrogens is 2. The average Bonchev–Trinajstić information content (AvgIpc) is 2.80. The molecule has 4 nitrogen and oxygen atoms in total. The largest absolute Gasteiger partial charge is 0.358 e. The van der Waals surface area contributed by atoms with Gasteiger partial charge in [-0.15, -0.1) is 10.2 Å². The van der Waals surface area contributed by atoms with Gasteiger partial charge in [-0.2, -0.15) is 0 Å². The second kappa shape index (κ2) is 4.86. The number of nitrogens with zero attached hydrogens (tertiary/aromatic N) is 2. The maximum atomic E-state index is 6.01. The van der Waals surface area contributed by atoms with E-state index in [0.717, 1.165) is 10.7 Å². The van der Waals surface area contributed by atoms with Gasteiger partial charge in [0.05, 0.1) is 0 Å². The van der Waals surface area contributed by atoms with Crippen molar-refractivity contribution < 1.29 is 0 Å². The van der Waals surface area contributed by atoms with E-state index in [1.807, 2.05) is 30.3 Å². The average molecular weight is 220 g/mol. The molecule has 15 heavy (non-hydrogen) atoms. The number of rotatable bonds is 4. The van der Waals surface area contributed by atoms with E-state index < -0.39 is 0 Å². The minimum atomic E-state index is -0.0184. The summed E-state index contributed by atoms with van der Waals surface area (Å²) in [5.41, 5.74) is 8.82. The molecule has 1 heterocycles. The Labute approximate surface area is 92.2 Å². The third-order valence-electron chi connectivity index (χ3n) is 2.06. The molecule has 0 fully saturated rings. The SMILES string of the molecule is NC(CNc1nncs1)c1ccccc1. The van der Waals surface area contributed by atoms with E-state index in [2.05, 4.69) is 15.5 Å². The predicted molar refractivity (Wildman–Crippen MR) is 61.8 cm³/mol. The van der Waals surface area contributed by atoms with E-state index in [4.69, 9.17) is 5.73 Å². The zero-order valence-electron chi connectivity index (χ0n) is 8.13. The fourth-order valence-corrected chi connectivity index (χ4v) is 1.72. The maximum Gasteiger partial charge on any atom is 0.205 e.